The van der Waals surface area contributed by atoms with Gasteiger partial charge in [0.25, 0.3) is 5.91 Å². The van der Waals surface area contributed by atoms with Gasteiger partial charge in [-0.15, -0.1) is 0 Å². The number of nitrogens with one attached hydrogen (secondary N) is 2. The molecule has 1 amide bonds. The summed E-state index contributed by atoms with van der Waals surface area (Å²) in [7, 11) is -3.48. The minimum atomic E-state index is -3.48. The average molecular weight is 518 g/mol. The third-order valence-corrected chi connectivity index (χ3v) is 8.04. The minimum absolute atomic E-state index is 0.133. The third kappa shape index (κ3) is 8.30. The topological polar surface area (TPSA) is 87.7 Å². The number of sulfonamides is 1. The first kappa shape index (κ1) is 27.1. The van der Waals surface area contributed by atoms with Crippen molar-refractivity contribution in [1.29, 1.82) is 0 Å². The highest BCUT2D eigenvalue weighted by Crippen LogP contribution is 2.22. The van der Waals surface area contributed by atoms with Crippen molar-refractivity contribution in [1.82, 2.24) is 9.62 Å². The smallest absolute Gasteiger partial charge is 0.257 e. The number of ether oxygens (including phenoxy) is 1. The van der Waals surface area contributed by atoms with Crippen molar-refractivity contribution >= 4 is 38.9 Å². The monoisotopic (exact) mass is 517 g/mol. The zero-order valence-corrected chi connectivity index (χ0v) is 21.9. The lowest BCUT2D eigenvalue weighted by Gasteiger charge is -2.25. The van der Waals surface area contributed by atoms with Crippen molar-refractivity contribution in [2.24, 2.45) is 0 Å². The highest BCUT2D eigenvalue weighted by Gasteiger charge is 2.25. The van der Waals surface area contributed by atoms with Gasteiger partial charge in [-0.1, -0.05) is 39.0 Å². The molecule has 2 aromatic rings. The first-order chi connectivity index (χ1) is 16.9. The SMILES string of the molecule is CCCCCCCOc1ccc(C(=O)NC(=S)Nc2ccc(S(=O)(=O)N3CCCCC3)cc2)cc1. The predicted octanol–water partition coefficient (Wildman–Crippen LogP) is 5.34. The number of benzene rings is 2. The molecule has 1 aliphatic heterocycles. The van der Waals surface area contributed by atoms with E-state index in [1.165, 1.54) is 23.6 Å². The van der Waals surface area contributed by atoms with Gasteiger partial charge in [0.2, 0.25) is 10.0 Å². The van der Waals surface area contributed by atoms with Crippen molar-refractivity contribution in [3.8, 4) is 5.75 Å². The van der Waals surface area contributed by atoms with Crippen LogP contribution in [-0.2, 0) is 10.0 Å². The van der Waals surface area contributed by atoms with Crippen LogP contribution in [0.2, 0.25) is 0 Å². The molecule has 0 spiro atoms. The number of carbonyl (C=O) groups is 1. The molecule has 3 rings (SSSR count). The molecule has 0 unspecified atom stereocenters. The predicted molar refractivity (Wildman–Crippen MR) is 143 cm³/mol. The van der Waals surface area contributed by atoms with Crippen LogP contribution < -0.4 is 15.4 Å². The van der Waals surface area contributed by atoms with Gasteiger partial charge in [-0.25, -0.2) is 8.42 Å². The van der Waals surface area contributed by atoms with Crippen molar-refractivity contribution in [2.75, 3.05) is 25.0 Å². The van der Waals surface area contributed by atoms with E-state index < -0.39 is 10.0 Å². The molecular weight excluding hydrogens is 482 g/mol. The van der Waals surface area contributed by atoms with Crippen LogP contribution in [0, 0.1) is 0 Å². The number of rotatable bonds is 11. The van der Waals surface area contributed by atoms with E-state index in [1.54, 1.807) is 48.5 Å². The van der Waals surface area contributed by atoms with Gasteiger partial charge in [-0.3, -0.25) is 10.1 Å². The van der Waals surface area contributed by atoms with Crippen LogP contribution in [0.4, 0.5) is 5.69 Å². The summed E-state index contributed by atoms with van der Waals surface area (Å²) >= 11 is 5.25. The Morgan fingerprint density at radius 2 is 1.60 bits per heavy atom. The van der Waals surface area contributed by atoms with Crippen LogP contribution in [0.3, 0.4) is 0 Å². The molecule has 1 heterocycles. The van der Waals surface area contributed by atoms with Crippen LogP contribution in [0.25, 0.3) is 0 Å². The number of carbonyl (C=O) groups excluding carboxylic acids is 1. The third-order valence-electron chi connectivity index (χ3n) is 5.93. The van der Waals surface area contributed by atoms with Crippen LogP contribution >= 0.6 is 12.2 Å². The number of unbranched alkanes of at least 4 members (excludes halogenated alkanes) is 4. The zero-order chi connectivity index (χ0) is 25.1. The normalized spacial score (nSPS) is 14.3. The van der Waals surface area contributed by atoms with Crippen molar-refractivity contribution < 1.29 is 17.9 Å². The van der Waals surface area contributed by atoms with Gasteiger partial charge in [-0.2, -0.15) is 4.31 Å². The van der Waals surface area contributed by atoms with E-state index in [0.29, 0.717) is 30.9 Å². The number of anilines is 1. The lowest BCUT2D eigenvalue weighted by molar-refractivity contribution is 0.0977. The highest BCUT2D eigenvalue weighted by atomic mass is 32.2. The molecule has 190 valence electrons. The van der Waals surface area contributed by atoms with E-state index in [4.69, 9.17) is 17.0 Å². The van der Waals surface area contributed by atoms with Crippen LogP contribution in [0.1, 0.15) is 68.6 Å². The molecule has 0 atom stereocenters. The van der Waals surface area contributed by atoms with Crippen molar-refractivity contribution in [3.05, 3.63) is 54.1 Å². The first-order valence-electron chi connectivity index (χ1n) is 12.4. The first-order valence-corrected chi connectivity index (χ1v) is 14.2. The Labute approximate surface area is 214 Å². The lowest BCUT2D eigenvalue weighted by atomic mass is 10.2. The number of amides is 1. The standard InChI is InChI=1S/C26H35N3O4S2/c1-2-3-4-5-9-20-33-23-14-10-21(11-15-23)25(30)28-26(34)27-22-12-16-24(17-13-22)35(31,32)29-18-7-6-8-19-29/h10-17H,2-9,18-20H2,1H3,(H2,27,28,30,34). The van der Waals surface area contributed by atoms with E-state index in [-0.39, 0.29) is 15.9 Å². The number of hydrogen-bond acceptors (Lipinski definition) is 5. The summed E-state index contributed by atoms with van der Waals surface area (Å²) in [5.74, 6) is 0.398. The van der Waals surface area contributed by atoms with Crippen LogP contribution in [0.15, 0.2) is 53.4 Å². The Morgan fingerprint density at radius 3 is 2.26 bits per heavy atom. The summed E-state index contributed by atoms with van der Waals surface area (Å²) in [5, 5.41) is 5.71. The minimum Gasteiger partial charge on any atom is -0.494 e. The van der Waals surface area contributed by atoms with E-state index >= 15 is 0 Å². The van der Waals surface area contributed by atoms with E-state index in [2.05, 4.69) is 17.6 Å². The Hall–Kier alpha value is -2.49. The Kier molecular flexibility index (Phi) is 10.5. The second-order valence-electron chi connectivity index (χ2n) is 8.68. The van der Waals surface area contributed by atoms with Crippen molar-refractivity contribution in [3.63, 3.8) is 0 Å². The molecule has 1 fully saturated rings. The maximum Gasteiger partial charge on any atom is 0.257 e. The van der Waals surface area contributed by atoms with Gasteiger partial charge < -0.3 is 10.1 Å². The quantitative estimate of drug-likeness (QED) is 0.309. The van der Waals surface area contributed by atoms with Crippen LogP contribution in [-0.4, -0.2) is 43.4 Å². The number of nitrogens with zero attached hydrogens (tertiary/aromatic N) is 1. The summed E-state index contributed by atoms with van der Waals surface area (Å²) in [6, 6.07) is 13.3. The fourth-order valence-corrected chi connectivity index (χ4v) is 5.63. The van der Waals surface area contributed by atoms with Gasteiger partial charge in [0.1, 0.15) is 5.75 Å². The van der Waals surface area contributed by atoms with E-state index in [9.17, 15) is 13.2 Å². The molecule has 0 bridgehead atoms. The van der Waals surface area contributed by atoms with Gasteiger partial charge >= 0.3 is 0 Å². The Balaban J connectivity index is 1.46. The zero-order valence-electron chi connectivity index (χ0n) is 20.3. The summed E-state index contributed by atoms with van der Waals surface area (Å²) in [4.78, 5) is 12.8. The van der Waals surface area contributed by atoms with Gasteiger partial charge in [0.15, 0.2) is 5.11 Å². The maximum atomic E-state index is 12.8. The maximum absolute atomic E-state index is 12.8. The fourth-order valence-electron chi connectivity index (χ4n) is 3.90. The summed E-state index contributed by atoms with van der Waals surface area (Å²) in [6.45, 7) is 3.98. The van der Waals surface area contributed by atoms with Gasteiger partial charge in [0, 0.05) is 24.3 Å². The molecule has 0 aliphatic carbocycles. The number of piperidine rings is 1. The summed E-state index contributed by atoms with van der Waals surface area (Å²) in [6.07, 6.45) is 8.74. The molecule has 0 saturated carbocycles. The molecule has 2 aromatic carbocycles. The molecular formula is C26H35N3O4S2. The summed E-state index contributed by atoms with van der Waals surface area (Å²) < 4.78 is 32.8. The lowest BCUT2D eigenvalue weighted by Crippen LogP contribution is -2.35. The Morgan fingerprint density at radius 1 is 0.943 bits per heavy atom. The van der Waals surface area contributed by atoms with Crippen molar-refractivity contribution in [2.45, 2.75) is 63.2 Å². The number of hydrogen-bond donors (Lipinski definition) is 2. The highest BCUT2D eigenvalue weighted by molar-refractivity contribution is 7.89. The molecule has 7 nitrogen and oxygen atoms in total. The molecule has 1 aliphatic rings. The molecule has 35 heavy (non-hydrogen) atoms. The molecule has 0 aromatic heterocycles. The number of thiocarbonyl (C=S) groups is 1. The molecule has 1 saturated heterocycles. The fraction of sp³-hybridized carbons (Fsp3) is 0.462. The Bertz CT molecular complexity index is 1060. The average Bonchev–Trinajstić information content (AvgIpc) is 2.87. The van der Waals surface area contributed by atoms with E-state index in [0.717, 1.165) is 37.9 Å². The van der Waals surface area contributed by atoms with Gasteiger partial charge in [0.05, 0.1) is 11.5 Å². The second-order valence-corrected chi connectivity index (χ2v) is 11.0. The largest absolute Gasteiger partial charge is 0.494 e. The summed E-state index contributed by atoms with van der Waals surface area (Å²) in [5.41, 5.74) is 1.06. The molecule has 2 N–H and O–H groups in total. The van der Waals surface area contributed by atoms with E-state index in [1.807, 2.05) is 0 Å². The van der Waals surface area contributed by atoms with Crippen LogP contribution in [0.5, 0.6) is 5.75 Å². The van der Waals surface area contributed by atoms with Gasteiger partial charge in [-0.05, 0) is 80.0 Å². The molecule has 0 radical (unpaired) electrons. The molecule has 9 heteroatoms. The second kappa shape index (κ2) is 13.6.